The van der Waals surface area contributed by atoms with E-state index in [4.69, 9.17) is 18.9 Å². The van der Waals surface area contributed by atoms with Crippen LogP contribution >= 0.6 is 0 Å². The minimum atomic E-state index is -1.80. The number of hydrogen-bond donors (Lipinski definition) is 2. The summed E-state index contributed by atoms with van der Waals surface area (Å²) < 4.78 is 24.0. The van der Waals surface area contributed by atoms with E-state index < -0.39 is 82.5 Å². The van der Waals surface area contributed by atoms with Gasteiger partial charge >= 0.3 is 23.9 Å². The summed E-state index contributed by atoms with van der Waals surface area (Å²) in [4.78, 5) is 65.3. The first-order valence-electron chi connectivity index (χ1n) is 14.5. The molecule has 4 rings (SSSR count). The molecule has 0 unspecified atom stereocenters. The van der Waals surface area contributed by atoms with E-state index in [1.165, 1.54) is 26.0 Å². The summed E-state index contributed by atoms with van der Waals surface area (Å²) in [6, 6.07) is 8.05. The summed E-state index contributed by atoms with van der Waals surface area (Å²) in [6.45, 7) is 13.7. The zero-order valence-corrected chi connectivity index (χ0v) is 26.0. The molecule has 238 valence electrons. The lowest BCUT2D eigenvalue weighted by molar-refractivity contribution is -0.207. The first kappa shape index (κ1) is 33.1. The Bertz CT molecular complexity index is 1420. The molecule has 1 aromatic carbocycles. The smallest absolute Gasteiger partial charge is 0.338 e. The quantitative estimate of drug-likeness (QED) is 0.210. The van der Waals surface area contributed by atoms with Crippen LogP contribution in [0.5, 0.6) is 0 Å². The number of carbonyl (C=O) groups excluding carboxylic acids is 5. The van der Waals surface area contributed by atoms with Crippen LogP contribution in [0.25, 0.3) is 0 Å². The molecule has 3 aliphatic carbocycles. The SMILES string of the molecule is C=C1C(=O)C[C@H](OC(C)=O)[C@@]2(C)[C@@H](OC(C)=O)[C@H](OC(=O)c3ccccc3)C3=C(C)[C@@H](O)C[C@@]3(C(C)(C)O)[C@@H](OC(C)=O)[C@H]12. The monoisotopic (exact) mass is 612 g/mol. The number of carbonyl (C=O) groups is 5. The fraction of sp³-hybridized carbons (Fsp3) is 0.545. The second-order valence-corrected chi connectivity index (χ2v) is 12.7. The highest BCUT2D eigenvalue weighted by atomic mass is 16.6. The Hall–Kier alpha value is -3.83. The van der Waals surface area contributed by atoms with Gasteiger partial charge < -0.3 is 29.2 Å². The topological polar surface area (TPSA) is 163 Å². The summed E-state index contributed by atoms with van der Waals surface area (Å²) >= 11 is 0. The van der Waals surface area contributed by atoms with Crippen molar-refractivity contribution in [1.29, 1.82) is 0 Å². The molecule has 0 radical (unpaired) electrons. The summed E-state index contributed by atoms with van der Waals surface area (Å²) in [6.07, 6.45) is -7.38. The lowest BCUT2D eigenvalue weighted by Crippen LogP contribution is -2.63. The van der Waals surface area contributed by atoms with Crippen molar-refractivity contribution in [2.75, 3.05) is 0 Å². The Balaban J connectivity index is 2.17. The highest BCUT2D eigenvalue weighted by Crippen LogP contribution is 2.65. The third-order valence-corrected chi connectivity index (χ3v) is 9.58. The van der Waals surface area contributed by atoms with Crippen molar-refractivity contribution < 1.29 is 53.1 Å². The van der Waals surface area contributed by atoms with Gasteiger partial charge in [0.2, 0.25) is 0 Å². The summed E-state index contributed by atoms with van der Waals surface area (Å²) in [5.74, 6) is -4.81. The van der Waals surface area contributed by atoms with Gasteiger partial charge in [-0.15, -0.1) is 0 Å². The van der Waals surface area contributed by atoms with Crippen molar-refractivity contribution in [2.24, 2.45) is 16.7 Å². The molecule has 2 fully saturated rings. The van der Waals surface area contributed by atoms with Gasteiger partial charge in [-0.05, 0) is 56.0 Å². The van der Waals surface area contributed by atoms with Gasteiger partial charge in [0.15, 0.2) is 18.0 Å². The van der Waals surface area contributed by atoms with Crippen LogP contribution in [0.4, 0.5) is 0 Å². The van der Waals surface area contributed by atoms with Gasteiger partial charge in [-0.2, -0.15) is 0 Å². The number of aliphatic hydroxyl groups excluding tert-OH is 1. The summed E-state index contributed by atoms with van der Waals surface area (Å²) in [7, 11) is 0. The van der Waals surface area contributed by atoms with E-state index in [-0.39, 0.29) is 29.6 Å². The minimum absolute atomic E-state index is 0.0173. The van der Waals surface area contributed by atoms with E-state index in [0.717, 1.165) is 20.8 Å². The van der Waals surface area contributed by atoms with Gasteiger partial charge in [0.05, 0.1) is 28.1 Å². The molecule has 44 heavy (non-hydrogen) atoms. The summed E-state index contributed by atoms with van der Waals surface area (Å²) in [5, 5.41) is 23.4. The van der Waals surface area contributed by atoms with Crippen molar-refractivity contribution in [2.45, 2.75) is 97.4 Å². The molecule has 0 heterocycles. The van der Waals surface area contributed by atoms with E-state index in [0.29, 0.717) is 5.57 Å². The zero-order chi connectivity index (χ0) is 32.9. The van der Waals surface area contributed by atoms with Crippen LogP contribution in [0.15, 0.2) is 53.6 Å². The molecule has 0 saturated heterocycles. The maximum Gasteiger partial charge on any atom is 0.338 e. The third-order valence-electron chi connectivity index (χ3n) is 9.58. The summed E-state index contributed by atoms with van der Waals surface area (Å²) in [5.41, 5.74) is -4.48. The van der Waals surface area contributed by atoms with Crippen molar-refractivity contribution in [3.8, 4) is 0 Å². The average molecular weight is 613 g/mol. The van der Waals surface area contributed by atoms with Crippen LogP contribution in [0.1, 0.15) is 71.7 Å². The number of aliphatic hydroxyl groups is 2. The second kappa shape index (κ2) is 11.6. The minimum Gasteiger partial charge on any atom is -0.461 e. The van der Waals surface area contributed by atoms with E-state index >= 15 is 0 Å². The molecule has 8 atom stereocenters. The highest BCUT2D eigenvalue weighted by molar-refractivity contribution is 5.97. The zero-order valence-electron chi connectivity index (χ0n) is 26.0. The Kier molecular flexibility index (Phi) is 8.71. The number of Topliss-reactive ketones (excluding diaryl/α,β-unsaturated/α-hetero) is 1. The van der Waals surface area contributed by atoms with Gasteiger partial charge in [0, 0.05) is 33.1 Å². The van der Waals surface area contributed by atoms with Gasteiger partial charge in [-0.25, -0.2) is 4.79 Å². The molecular formula is C33H40O11. The van der Waals surface area contributed by atoms with Crippen LogP contribution in [-0.4, -0.2) is 76.0 Å². The molecule has 0 bridgehead atoms. The van der Waals surface area contributed by atoms with Gasteiger partial charge in [0.25, 0.3) is 0 Å². The lowest BCUT2D eigenvalue weighted by atomic mass is 9.54. The fourth-order valence-electron chi connectivity index (χ4n) is 7.64. The van der Waals surface area contributed by atoms with Crippen LogP contribution < -0.4 is 0 Å². The normalized spacial score (nSPS) is 33.5. The van der Waals surface area contributed by atoms with Crippen molar-refractivity contribution >= 4 is 29.7 Å². The number of benzene rings is 1. The number of ether oxygens (including phenoxy) is 4. The molecular weight excluding hydrogens is 572 g/mol. The van der Waals surface area contributed by atoms with Crippen LogP contribution in [0.2, 0.25) is 0 Å². The molecule has 11 heteroatoms. The molecule has 3 aliphatic rings. The predicted molar refractivity (Wildman–Crippen MR) is 155 cm³/mol. The fourth-order valence-corrected chi connectivity index (χ4v) is 7.64. The predicted octanol–water partition coefficient (Wildman–Crippen LogP) is 3.01. The molecule has 0 aromatic heterocycles. The lowest BCUT2D eigenvalue weighted by Gasteiger charge is -2.54. The number of ketones is 1. The van der Waals surface area contributed by atoms with Crippen LogP contribution in [0, 0.1) is 16.7 Å². The number of esters is 4. The van der Waals surface area contributed by atoms with Crippen LogP contribution in [-0.2, 0) is 38.1 Å². The third kappa shape index (κ3) is 5.26. The number of hydrogen-bond acceptors (Lipinski definition) is 11. The molecule has 11 nitrogen and oxygen atoms in total. The van der Waals surface area contributed by atoms with E-state index in [1.807, 2.05) is 0 Å². The molecule has 0 spiro atoms. The standard InChI is InChI=1S/C33H40O11/c1-16-22(37)14-24(41-18(3)34)32(8)26(16)28(42-19(4)35)33(31(6,7)40)15-23(38)17(2)25(33)27(29(32)43-20(5)36)44-30(39)21-12-10-9-11-13-21/h9-13,23-24,26-29,38,40H,1,14-15H2,2-8H3/t23-,24-,26-,27+,28-,29-,32+,33-/m0/s1. The molecule has 1 aromatic rings. The van der Waals surface area contributed by atoms with E-state index in [1.54, 1.807) is 32.0 Å². The second-order valence-electron chi connectivity index (χ2n) is 12.7. The van der Waals surface area contributed by atoms with Gasteiger partial charge in [0.1, 0.15) is 12.2 Å². The Morgan fingerprint density at radius 2 is 1.48 bits per heavy atom. The van der Waals surface area contributed by atoms with Crippen LogP contribution in [0.3, 0.4) is 0 Å². The van der Waals surface area contributed by atoms with E-state index in [2.05, 4.69) is 6.58 Å². The first-order valence-corrected chi connectivity index (χ1v) is 14.5. The highest BCUT2D eigenvalue weighted by Gasteiger charge is 2.73. The van der Waals surface area contributed by atoms with Gasteiger partial charge in [-0.3, -0.25) is 19.2 Å². The Labute approximate surface area is 256 Å². The molecule has 2 N–H and O–H groups in total. The maximum atomic E-state index is 13.7. The molecule has 0 amide bonds. The molecule has 0 aliphatic heterocycles. The maximum absolute atomic E-state index is 13.7. The molecule has 2 saturated carbocycles. The van der Waals surface area contributed by atoms with E-state index in [9.17, 15) is 34.2 Å². The van der Waals surface area contributed by atoms with Gasteiger partial charge in [-0.1, -0.05) is 31.7 Å². The average Bonchev–Trinajstić information content (AvgIpc) is 3.15. The Morgan fingerprint density at radius 3 is 2.00 bits per heavy atom. The first-order chi connectivity index (χ1) is 20.4. The number of rotatable bonds is 6. The van der Waals surface area contributed by atoms with Crippen molar-refractivity contribution in [1.82, 2.24) is 0 Å². The Morgan fingerprint density at radius 1 is 0.932 bits per heavy atom. The number of fused-ring (bicyclic) bond motifs is 2. The van der Waals surface area contributed by atoms with Crippen molar-refractivity contribution in [3.63, 3.8) is 0 Å². The van der Waals surface area contributed by atoms with Crippen molar-refractivity contribution in [3.05, 3.63) is 59.2 Å². The largest absolute Gasteiger partial charge is 0.461 e.